The van der Waals surface area contributed by atoms with Gasteiger partial charge in [-0.05, 0) is 0 Å². The van der Waals surface area contributed by atoms with Crippen LogP contribution in [-0.4, -0.2) is 22.4 Å². The molecule has 1 rings (SSSR count). The van der Waals surface area contributed by atoms with Crippen LogP contribution in [0.2, 0.25) is 0 Å². The number of carboxylic acid groups (broad SMARTS) is 1. The Morgan fingerprint density at radius 1 is 1.50 bits per heavy atom. The molecule has 0 saturated carbocycles. The molecule has 1 N–H and O–H groups in total. The Kier molecular flexibility index (Phi) is 4.44. The lowest BCUT2D eigenvalue weighted by atomic mass is 10.0. The van der Waals surface area contributed by atoms with Crippen molar-refractivity contribution in [3.63, 3.8) is 0 Å². The van der Waals surface area contributed by atoms with E-state index in [-0.39, 0.29) is 0 Å². The maximum atomic E-state index is 12.7. The third-order valence-corrected chi connectivity index (χ3v) is 2.01. The first-order valence-corrected chi connectivity index (χ1v) is 4.83. The lowest BCUT2D eigenvalue weighted by Crippen LogP contribution is -2.19. The van der Waals surface area contributed by atoms with Crippen LogP contribution < -0.4 is 4.74 Å². The van der Waals surface area contributed by atoms with Crippen molar-refractivity contribution in [3.8, 4) is 11.9 Å². The summed E-state index contributed by atoms with van der Waals surface area (Å²) in [5.74, 6) is -2.78. The predicted octanol–water partition coefficient (Wildman–Crippen LogP) is 2.42. The van der Waals surface area contributed by atoms with E-state index in [0.29, 0.717) is 6.07 Å². The van der Waals surface area contributed by atoms with Gasteiger partial charge >= 0.3 is 12.3 Å². The Balaban J connectivity index is 3.39. The molecule has 0 aliphatic carbocycles. The SMILES string of the molecule is N#Cc1cc(OC(F)(F)F)nc(C(F)F)c1CC(=O)O. The van der Waals surface area contributed by atoms with E-state index < -0.39 is 47.9 Å². The molecular formula is C10H5F5N2O3. The van der Waals surface area contributed by atoms with Crippen LogP contribution in [-0.2, 0) is 11.2 Å². The molecule has 0 atom stereocenters. The molecule has 20 heavy (non-hydrogen) atoms. The molecule has 5 nitrogen and oxygen atoms in total. The smallest absolute Gasteiger partial charge is 0.481 e. The average molecular weight is 296 g/mol. The molecule has 10 heteroatoms. The van der Waals surface area contributed by atoms with E-state index in [1.54, 1.807) is 0 Å². The minimum absolute atomic E-state index is 0.456. The number of carbonyl (C=O) groups is 1. The molecule has 0 unspecified atom stereocenters. The Labute approximate surface area is 108 Å². The van der Waals surface area contributed by atoms with Gasteiger partial charge in [0.15, 0.2) is 0 Å². The van der Waals surface area contributed by atoms with Gasteiger partial charge in [0.2, 0.25) is 5.88 Å². The highest BCUT2D eigenvalue weighted by atomic mass is 19.4. The molecular weight excluding hydrogens is 291 g/mol. The number of rotatable bonds is 4. The standard InChI is InChI=1S/C10H5F5N2O3/c11-9(12)8-5(2-7(18)19)4(3-16)1-6(17-8)20-10(13,14)15/h1,9H,2H2,(H,18,19). The number of aromatic nitrogens is 1. The van der Waals surface area contributed by atoms with Gasteiger partial charge in [-0.1, -0.05) is 0 Å². The van der Waals surface area contributed by atoms with E-state index in [4.69, 9.17) is 10.4 Å². The molecule has 0 spiro atoms. The molecule has 0 fully saturated rings. The monoisotopic (exact) mass is 296 g/mol. The first kappa shape index (κ1) is 15.6. The molecule has 0 amide bonds. The average Bonchev–Trinajstić information content (AvgIpc) is 2.27. The number of carboxylic acids is 1. The number of halogens is 5. The van der Waals surface area contributed by atoms with Gasteiger partial charge in [0.25, 0.3) is 6.43 Å². The predicted molar refractivity (Wildman–Crippen MR) is 51.9 cm³/mol. The first-order valence-electron chi connectivity index (χ1n) is 4.83. The molecule has 0 aliphatic heterocycles. The fraction of sp³-hybridized carbons (Fsp3) is 0.300. The molecule has 0 radical (unpaired) electrons. The second-order valence-electron chi connectivity index (χ2n) is 3.40. The van der Waals surface area contributed by atoms with Crippen molar-refractivity contribution in [3.05, 3.63) is 22.9 Å². The van der Waals surface area contributed by atoms with Crippen LogP contribution in [0.4, 0.5) is 22.0 Å². The van der Waals surface area contributed by atoms with E-state index in [2.05, 4.69) is 9.72 Å². The van der Waals surface area contributed by atoms with Gasteiger partial charge in [0.05, 0.1) is 18.1 Å². The highest BCUT2D eigenvalue weighted by molar-refractivity contribution is 5.72. The van der Waals surface area contributed by atoms with E-state index >= 15 is 0 Å². The third kappa shape index (κ3) is 4.04. The topological polar surface area (TPSA) is 83.2 Å². The molecule has 1 aromatic rings. The lowest BCUT2D eigenvalue weighted by molar-refractivity contribution is -0.276. The third-order valence-electron chi connectivity index (χ3n) is 2.01. The number of nitrogens with zero attached hydrogens (tertiary/aromatic N) is 2. The summed E-state index contributed by atoms with van der Waals surface area (Å²) in [6.07, 6.45) is -9.50. The highest BCUT2D eigenvalue weighted by Gasteiger charge is 2.33. The molecule has 1 heterocycles. The molecule has 0 aromatic carbocycles. The lowest BCUT2D eigenvalue weighted by Gasteiger charge is -2.13. The number of hydrogen-bond acceptors (Lipinski definition) is 4. The number of pyridine rings is 1. The van der Waals surface area contributed by atoms with Crippen molar-refractivity contribution in [2.75, 3.05) is 0 Å². The zero-order valence-electron chi connectivity index (χ0n) is 9.41. The summed E-state index contributed by atoms with van der Waals surface area (Å²) < 4.78 is 64.7. The van der Waals surface area contributed by atoms with Crippen molar-refractivity contribution < 1.29 is 36.6 Å². The summed E-state index contributed by atoms with van der Waals surface area (Å²) in [5, 5.41) is 17.3. The van der Waals surface area contributed by atoms with Crippen molar-refractivity contribution in [2.24, 2.45) is 0 Å². The second kappa shape index (κ2) is 5.68. The highest BCUT2D eigenvalue weighted by Crippen LogP contribution is 2.29. The Morgan fingerprint density at radius 3 is 2.50 bits per heavy atom. The number of nitriles is 1. The number of alkyl halides is 5. The summed E-state index contributed by atoms with van der Waals surface area (Å²) in [6, 6.07) is 1.79. The number of aliphatic carboxylic acids is 1. The molecule has 0 aliphatic rings. The Hall–Kier alpha value is -2.44. The van der Waals surface area contributed by atoms with Gasteiger partial charge in [-0.25, -0.2) is 13.8 Å². The summed E-state index contributed by atoms with van der Waals surface area (Å²) in [4.78, 5) is 13.4. The minimum atomic E-state index is -5.17. The molecule has 0 saturated heterocycles. The van der Waals surface area contributed by atoms with Crippen LogP contribution in [0, 0.1) is 11.3 Å². The van der Waals surface area contributed by atoms with Crippen LogP contribution in [0.25, 0.3) is 0 Å². The fourth-order valence-electron chi connectivity index (χ4n) is 1.36. The van der Waals surface area contributed by atoms with Crippen molar-refractivity contribution in [1.29, 1.82) is 5.26 Å². The summed E-state index contributed by atoms with van der Waals surface area (Å²) in [7, 11) is 0. The van der Waals surface area contributed by atoms with E-state index in [9.17, 15) is 26.7 Å². The number of hydrogen-bond donors (Lipinski definition) is 1. The van der Waals surface area contributed by atoms with Crippen LogP contribution in [0.1, 0.15) is 23.2 Å². The summed E-state index contributed by atoms with van der Waals surface area (Å²) >= 11 is 0. The van der Waals surface area contributed by atoms with Gasteiger partial charge < -0.3 is 9.84 Å². The van der Waals surface area contributed by atoms with E-state index in [1.165, 1.54) is 6.07 Å². The van der Waals surface area contributed by atoms with Crippen LogP contribution in [0.5, 0.6) is 5.88 Å². The zero-order chi connectivity index (χ0) is 15.5. The maximum absolute atomic E-state index is 12.7. The Bertz CT molecular complexity index is 565. The van der Waals surface area contributed by atoms with Crippen molar-refractivity contribution in [1.82, 2.24) is 4.98 Å². The molecule has 0 bridgehead atoms. The largest absolute Gasteiger partial charge is 0.574 e. The maximum Gasteiger partial charge on any atom is 0.574 e. The summed E-state index contributed by atoms with van der Waals surface area (Å²) in [6.45, 7) is 0. The van der Waals surface area contributed by atoms with Gasteiger partial charge in [0, 0.05) is 11.6 Å². The second-order valence-corrected chi connectivity index (χ2v) is 3.40. The molecule has 108 valence electrons. The first-order chi connectivity index (χ1) is 9.14. The van der Waals surface area contributed by atoms with Gasteiger partial charge in [-0.2, -0.15) is 5.26 Å². The van der Waals surface area contributed by atoms with E-state index in [0.717, 1.165) is 0 Å². The number of ether oxygens (including phenoxy) is 1. The quantitative estimate of drug-likeness (QED) is 0.863. The van der Waals surface area contributed by atoms with Crippen molar-refractivity contribution in [2.45, 2.75) is 19.2 Å². The fourth-order valence-corrected chi connectivity index (χ4v) is 1.36. The van der Waals surface area contributed by atoms with E-state index in [1.807, 2.05) is 0 Å². The normalized spacial score (nSPS) is 11.2. The van der Waals surface area contributed by atoms with Crippen molar-refractivity contribution >= 4 is 5.97 Å². The molecule has 1 aromatic heterocycles. The summed E-state index contributed by atoms with van der Waals surface area (Å²) in [5.41, 5.74) is -2.55. The zero-order valence-corrected chi connectivity index (χ0v) is 9.41. The minimum Gasteiger partial charge on any atom is -0.481 e. The van der Waals surface area contributed by atoms with Gasteiger partial charge in [-0.3, -0.25) is 4.79 Å². The van der Waals surface area contributed by atoms with Gasteiger partial charge in [-0.15, -0.1) is 13.2 Å². The van der Waals surface area contributed by atoms with Crippen LogP contribution in [0.3, 0.4) is 0 Å². The van der Waals surface area contributed by atoms with Crippen LogP contribution >= 0.6 is 0 Å². The van der Waals surface area contributed by atoms with Crippen LogP contribution in [0.15, 0.2) is 6.07 Å². The Morgan fingerprint density at radius 2 is 2.10 bits per heavy atom. The van der Waals surface area contributed by atoms with Gasteiger partial charge in [0.1, 0.15) is 5.69 Å².